The molecule has 1 aromatic carbocycles. The van der Waals surface area contributed by atoms with Crippen molar-refractivity contribution in [3.8, 4) is 0 Å². The molecule has 0 radical (unpaired) electrons. The summed E-state index contributed by atoms with van der Waals surface area (Å²) in [7, 11) is 0. The number of likely N-dealkylation sites (tertiary alicyclic amines) is 1. The van der Waals surface area contributed by atoms with E-state index in [1.165, 1.54) is 0 Å². The molecule has 2 N–H and O–H groups in total. The number of anilines is 1. The Morgan fingerprint density at radius 3 is 2.50 bits per heavy atom. The molecule has 146 valence electrons. The number of carbonyl (C=O) groups excluding carboxylic acids is 1. The van der Waals surface area contributed by atoms with Crippen LogP contribution in [0.25, 0.3) is 0 Å². The second-order valence-electron chi connectivity index (χ2n) is 6.11. The number of guanidine groups is 1. The molecule has 2 rings (SSSR count). The first-order valence-corrected chi connectivity index (χ1v) is 8.39. The zero-order valence-corrected chi connectivity index (χ0v) is 17.1. The normalized spacial score (nSPS) is 15.4. The second-order valence-corrected chi connectivity index (χ2v) is 6.11. The molecule has 1 aliphatic heterocycles. The van der Waals surface area contributed by atoms with Crippen LogP contribution in [0, 0.1) is 23.4 Å². The predicted octanol–water partition coefficient (Wildman–Crippen LogP) is 3.36. The van der Waals surface area contributed by atoms with Crippen molar-refractivity contribution in [3.63, 3.8) is 0 Å². The molecule has 1 fully saturated rings. The van der Waals surface area contributed by atoms with Gasteiger partial charge in [0.05, 0.1) is 5.69 Å². The van der Waals surface area contributed by atoms with Crippen molar-refractivity contribution in [2.45, 2.75) is 26.7 Å². The third-order valence-electron chi connectivity index (χ3n) is 4.10. The number of aliphatic imine (C=N–C) groups is 1. The molecule has 0 aromatic heterocycles. The van der Waals surface area contributed by atoms with E-state index < -0.39 is 29.0 Å². The van der Waals surface area contributed by atoms with Crippen molar-refractivity contribution in [2.24, 2.45) is 10.9 Å². The highest BCUT2D eigenvalue weighted by molar-refractivity contribution is 14.0. The number of piperidine rings is 1. The predicted molar refractivity (Wildman–Crippen MR) is 106 cm³/mol. The van der Waals surface area contributed by atoms with Gasteiger partial charge in [0.15, 0.2) is 23.4 Å². The molecule has 1 heterocycles. The number of rotatable bonds is 4. The minimum Gasteiger partial charge on any atom is -0.357 e. The number of nitrogens with zero attached hydrogens (tertiary/aromatic N) is 2. The van der Waals surface area contributed by atoms with E-state index in [-0.39, 0.29) is 30.5 Å². The molecule has 0 spiro atoms. The zero-order chi connectivity index (χ0) is 18.4. The van der Waals surface area contributed by atoms with Gasteiger partial charge in [-0.25, -0.2) is 18.2 Å². The highest BCUT2D eigenvalue weighted by Gasteiger charge is 2.19. The van der Waals surface area contributed by atoms with Crippen LogP contribution in [-0.2, 0) is 4.79 Å². The van der Waals surface area contributed by atoms with Gasteiger partial charge in [0.1, 0.15) is 6.54 Å². The average Bonchev–Trinajstić information content (AvgIpc) is 2.60. The molecule has 0 aliphatic carbocycles. The van der Waals surface area contributed by atoms with E-state index in [0.29, 0.717) is 18.4 Å². The van der Waals surface area contributed by atoms with Gasteiger partial charge >= 0.3 is 0 Å². The van der Waals surface area contributed by atoms with Crippen LogP contribution in [0.3, 0.4) is 0 Å². The Labute approximate surface area is 168 Å². The van der Waals surface area contributed by atoms with Crippen molar-refractivity contribution in [1.29, 1.82) is 0 Å². The van der Waals surface area contributed by atoms with Crippen LogP contribution in [0.4, 0.5) is 18.9 Å². The Bertz CT molecular complexity index is 649. The van der Waals surface area contributed by atoms with Crippen LogP contribution in [0.1, 0.15) is 26.7 Å². The number of hydrogen-bond donors (Lipinski definition) is 2. The fraction of sp³-hybridized carbons (Fsp3) is 0.529. The van der Waals surface area contributed by atoms with E-state index in [1.807, 2.05) is 6.92 Å². The van der Waals surface area contributed by atoms with E-state index >= 15 is 0 Å². The average molecular weight is 484 g/mol. The van der Waals surface area contributed by atoms with Gasteiger partial charge in [-0.2, -0.15) is 0 Å². The van der Waals surface area contributed by atoms with Gasteiger partial charge in [-0.3, -0.25) is 4.79 Å². The fourth-order valence-corrected chi connectivity index (χ4v) is 2.61. The van der Waals surface area contributed by atoms with Gasteiger partial charge in [-0.1, -0.05) is 6.92 Å². The number of carbonyl (C=O) groups is 1. The minimum atomic E-state index is -1.61. The maximum atomic E-state index is 13.6. The van der Waals surface area contributed by atoms with Crippen LogP contribution in [-0.4, -0.2) is 42.9 Å². The van der Waals surface area contributed by atoms with E-state index in [0.717, 1.165) is 38.1 Å². The van der Waals surface area contributed by atoms with E-state index in [1.54, 1.807) is 0 Å². The first-order chi connectivity index (χ1) is 11.9. The van der Waals surface area contributed by atoms with Crippen LogP contribution < -0.4 is 10.6 Å². The maximum absolute atomic E-state index is 13.6. The Morgan fingerprint density at radius 2 is 1.88 bits per heavy atom. The first-order valence-electron chi connectivity index (χ1n) is 8.39. The van der Waals surface area contributed by atoms with E-state index in [4.69, 9.17) is 0 Å². The summed E-state index contributed by atoms with van der Waals surface area (Å²) in [6.07, 6.45) is 2.10. The summed E-state index contributed by atoms with van der Waals surface area (Å²) in [4.78, 5) is 18.3. The lowest BCUT2D eigenvalue weighted by molar-refractivity contribution is -0.114. The van der Waals surface area contributed by atoms with Crippen molar-refractivity contribution in [1.82, 2.24) is 10.2 Å². The fourth-order valence-electron chi connectivity index (χ4n) is 2.61. The molecule has 5 nitrogen and oxygen atoms in total. The van der Waals surface area contributed by atoms with Crippen molar-refractivity contribution in [3.05, 3.63) is 29.6 Å². The molecule has 1 aromatic rings. The molecular formula is C17H24F3IN4O. The van der Waals surface area contributed by atoms with Crippen molar-refractivity contribution in [2.75, 3.05) is 31.5 Å². The van der Waals surface area contributed by atoms with Crippen LogP contribution >= 0.6 is 24.0 Å². The van der Waals surface area contributed by atoms with Gasteiger partial charge in [0, 0.05) is 19.6 Å². The third kappa shape index (κ3) is 6.03. The summed E-state index contributed by atoms with van der Waals surface area (Å²) < 4.78 is 39.7. The van der Waals surface area contributed by atoms with Crippen LogP contribution in [0.2, 0.25) is 0 Å². The summed E-state index contributed by atoms with van der Waals surface area (Å²) in [5.74, 6) is -3.66. The smallest absolute Gasteiger partial charge is 0.246 e. The lowest BCUT2D eigenvalue weighted by Gasteiger charge is -2.32. The Morgan fingerprint density at radius 1 is 1.23 bits per heavy atom. The van der Waals surface area contributed by atoms with Crippen molar-refractivity contribution >= 4 is 41.5 Å². The van der Waals surface area contributed by atoms with Gasteiger partial charge < -0.3 is 15.5 Å². The van der Waals surface area contributed by atoms with Gasteiger partial charge in [0.2, 0.25) is 5.91 Å². The topological polar surface area (TPSA) is 56.7 Å². The summed E-state index contributed by atoms with van der Waals surface area (Å²) in [6.45, 7) is 6.25. The molecule has 0 atom stereocenters. The summed E-state index contributed by atoms with van der Waals surface area (Å²) in [5.41, 5.74) is -0.407. The zero-order valence-electron chi connectivity index (χ0n) is 14.8. The molecule has 0 saturated carbocycles. The number of hydrogen-bond acceptors (Lipinski definition) is 2. The third-order valence-corrected chi connectivity index (χ3v) is 4.10. The summed E-state index contributed by atoms with van der Waals surface area (Å²) in [6, 6.07) is 1.74. The molecule has 1 aliphatic rings. The minimum absolute atomic E-state index is 0. The van der Waals surface area contributed by atoms with Crippen molar-refractivity contribution < 1.29 is 18.0 Å². The molecule has 0 bridgehead atoms. The first kappa shape index (κ1) is 22.5. The number of benzene rings is 1. The molecule has 0 unspecified atom stereocenters. The monoisotopic (exact) mass is 484 g/mol. The van der Waals surface area contributed by atoms with Gasteiger partial charge in [-0.05, 0) is 37.8 Å². The number of nitrogens with one attached hydrogen (secondary N) is 2. The highest BCUT2D eigenvalue weighted by atomic mass is 127. The van der Waals surface area contributed by atoms with Gasteiger partial charge in [-0.15, -0.1) is 24.0 Å². The number of halogens is 4. The number of amides is 1. The molecule has 1 saturated heterocycles. The molecule has 9 heteroatoms. The highest BCUT2D eigenvalue weighted by Crippen LogP contribution is 2.19. The molecular weight excluding hydrogens is 460 g/mol. The SMILES string of the molecule is CCNC(=NCC(=O)Nc1ccc(F)c(F)c1F)N1CCC(C)CC1.I. The van der Waals surface area contributed by atoms with Crippen LogP contribution in [0.5, 0.6) is 0 Å². The second kappa shape index (κ2) is 10.6. The molecule has 1 amide bonds. The quantitative estimate of drug-likeness (QED) is 0.299. The summed E-state index contributed by atoms with van der Waals surface area (Å²) >= 11 is 0. The largest absolute Gasteiger partial charge is 0.357 e. The maximum Gasteiger partial charge on any atom is 0.246 e. The lowest BCUT2D eigenvalue weighted by Crippen LogP contribution is -2.45. The van der Waals surface area contributed by atoms with E-state index in [2.05, 4.69) is 27.4 Å². The molecule has 26 heavy (non-hydrogen) atoms. The Hall–Kier alpha value is -1.52. The Kier molecular flexibility index (Phi) is 9.17. The van der Waals surface area contributed by atoms with E-state index in [9.17, 15) is 18.0 Å². The summed E-state index contributed by atoms with van der Waals surface area (Å²) in [5, 5.41) is 5.34. The Balaban J connectivity index is 0.00000338. The van der Waals surface area contributed by atoms with Crippen LogP contribution in [0.15, 0.2) is 17.1 Å². The van der Waals surface area contributed by atoms with Gasteiger partial charge in [0.25, 0.3) is 0 Å². The lowest BCUT2D eigenvalue weighted by atomic mass is 10.00. The standard InChI is InChI=1S/C17H23F3N4O.HI/c1-3-21-17(24-8-6-11(2)7-9-24)22-10-14(25)23-13-5-4-12(18)15(19)16(13)20;/h4-5,11H,3,6-10H2,1-2H3,(H,21,22)(H,23,25);1H.